The Labute approximate surface area is 142 Å². The van der Waals surface area contributed by atoms with Gasteiger partial charge in [-0.25, -0.2) is 0 Å². The van der Waals surface area contributed by atoms with Crippen molar-refractivity contribution in [1.29, 1.82) is 0 Å². The molecule has 0 fully saturated rings. The zero-order valence-electron chi connectivity index (χ0n) is 16.6. The van der Waals surface area contributed by atoms with E-state index < -0.39 is 0 Å². The summed E-state index contributed by atoms with van der Waals surface area (Å²) in [5.74, 6) is 1.61. The summed E-state index contributed by atoms with van der Waals surface area (Å²) >= 11 is 0. The molecule has 0 heteroatoms. The van der Waals surface area contributed by atoms with Crippen LogP contribution in [0.25, 0.3) is 0 Å². The molecule has 0 radical (unpaired) electrons. The van der Waals surface area contributed by atoms with Crippen LogP contribution in [0, 0.1) is 17.3 Å². The van der Waals surface area contributed by atoms with Gasteiger partial charge in [0.1, 0.15) is 0 Å². The molecule has 0 aromatic carbocycles. The van der Waals surface area contributed by atoms with Crippen molar-refractivity contribution in [2.45, 2.75) is 112 Å². The lowest BCUT2D eigenvalue weighted by Gasteiger charge is -2.35. The van der Waals surface area contributed by atoms with E-state index in [1.807, 2.05) is 0 Å². The molecule has 132 valence electrons. The molecule has 2 unspecified atom stereocenters. The molecule has 0 aromatic heterocycles. The lowest BCUT2D eigenvalue weighted by Crippen LogP contribution is -2.21. The minimum atomic E-state index is 0.618. The predicted octanol–water partition coefficient (Wildman–Crippen LogP) is 8.17. The number of rotatable bonds is 14. The van der Waals surface area contributed by atoms with E-state index in [0.29, 0.717) is 5.41 Å². The Hall–Kier alpha value is -0.260. The number of unbranched alkanes of at least 4 members (excludes halogenated alkanes) is 1. The Morgan fingerprint density at radius 1 is 0.773 bits per heavy atom. The fourth-order valence-corrected chi connectivity index (χ4v) is 3.70. The van der Waals surface area contributed by atoms with Crippen molar-refractivity contribution < 1.29 is 0 Å². The molecule has 0 bridgehead atoms. The quantitative estimate of drug-likeness (QED) is 0.284. The van der Waals surface area contributed by atoms with Crippen LogP contribution in [-0.4, -0.2) is 0 Å². The normalized spacial score (nSPS) is 16.3. The topological polar surface area (TPSA) is 0 Å². The molecule has 0 aromatic rings. The maximum atomic E-state index is 2.48. The van der Waals surface area contributed by atoms with Gasteiger partial charge in [0.15, 0.2) is 0 Å². The zero-order chi connectivity index (χ0) is 16.8. The van der Waals surface area contributed by atoms with Crippen molar-refractivity contribution in [2.75, 3.05) is 0 Å². The first kappa shape index (κ1) is 21.7. The van der Waals surface area contributed by atoms with Crippen LogP contribution in [0.1, 0.15) is 112 Å². The third-order valence-electron chi connectivity index (χ3n) is 5.14. The van der Waals surface area contributed by atoms with Gasteiger partial charge in [-0.15, -0.1) is 0 Å². The average Bonchev–Trinajstić information content (AvgIpc) is 2.48. The lowest BCUT2D eigenvalue weighted by molar-refractivity contribution is 0.179. The Balaban J connectivity index is 4.58. The molecular formula is C22H44. The number of allylic oxidation sites excluding steroid dienone is 2. The predicted molar refractivity (Wildman–Crippen MR) is 103 cm³/mol. The van der Waals surface area contributed by atoms with Crippen LogP contribution in [0.3, 0.4) is 0 Å². The molecule has 0 aliphatic carbocycles. The van der Waals surface area contributed by atoms with E-state index in [9.17, 15) is 0 Å². The summed E-state index contributed by atoms with van der Waals surface area (Å²) in [6.07, 6.45) is 20.1. The van der Waals surface area contributed by atoms with E-state index in [4.69, 9.17) is 0 Å². The van der Waals surface area contributed by atoms with Crippen LogP contribution in [-0.2, 0) is 0 Å². The Morgan fingerprint density at radius 2 is 1.50 bits per heavy atom. The Bertz CT molecular complexity index is 263. The summed E-state index contributed by atoms with van der Waals surface area (Å²) in [4.78, 5) is 0. The van der Waals surface area contributed by atoms with Crippen molar-refractivity contribution in [3.05, 3.63) is 12.2 Å². The molecule has 0 nitrogen and oxygen atoms in total. The molecule has 0 rings (SSSR count). The molecule has 0 saturated carbocycles. The average molecular weight is 309 g/mol. The molecular weight excluding hydrogens is 264 g/mol. The van der Waals surface area contributed by atoms with Crippen LogP contribution in [0.4, 0.5) is 0 Å². The highest BCUT2D eigenvalue weighted by atomic mass is 14.3. The van der Waals surface area contributed by atoms with Gasteiger partial charge in [0.2, 0.25) is 0 Å². The number of hydrogen-bond acceptors (Lipinski definition) is 0. The molecule has 0 aliphatic heterocycles. The minimum Gasteiger partial charge on any atom is -0.0882 e. The van der Waals surface area contributed by atoms with Gasteiger partial charge in [-0.1, -0.05) is 85.8 Å². The minimum absolute atomic E-state index is 0.618. The summed E-state index contributed by atoms with van der Waals surface area (Å²) in [5, 5.41) is 0. The molecule has 0 heterocycles. The highest BCUT2D eigenvalue weighted by Crippen LogP contribution is 2.41. The van der Waals surface area contributed by atoms with Crippen molar-refractivity contribution in [3.63, 3.8) is 0 Å². The second-order valence-electron chi connectivity index (χ2n) is 8.02. The number of hydrogen-bond donors (Lipinski definition) is 0. The summed E-state index contributed by atoms with van der Waals surface area (Å²) in [5.41, 5.74) is 0.618. The van der Waals surface area contributed by atoms with E-state index in [1.165, 1.54) is 70.6 Å². The standard InChI is InChI=1S/C22H44/c1-7-10-17-22(16-9-3,19-15-20(4)5)18-12-11-14-21(6)13-8-2/h11,14,20-21H,7-10,12-13,15-19H2,1-6H3. The first-order valence-electron chi connectivity index (χ1n) is 10.2. The smallest absolute Gasteiger partial charge is 0.0262 e. The van der Waals surface area contributed by atoms with Crippen LogP contribution in [0.15, 0.2) is 12.2 Å². The van der Waals surface area contributed by atoms with Gasteiger partial charge in [-0.3, -0.25) is 0 Å². The molecule has 0 amide bonds. The van der Waals surface area contributed by atoms with Crippen LogP contribution in [0.2, 0.25) is 0 Å². The van der Waals surface area contributed by atoms with Crippen molar-refractivity contribution in [1.82, 2.24) is 0 Å². The maximum Gasteiger partial charge on any atom is -0.0262 e. The first-order valence-corrected chi connectivity index (χ1v) is 10.2. The van der Waals surface area contributed by atoms with Crippen LogP contribution >= 0.6 is 0 Å². The SMILES string of the molecule is CCCCC(CCC)(CCC=CC(C)CCC)CCC(C)C. The highest BCUT2D eigenvalue weighted by molar-refractivity contribution is 4.89. The van der Waals surface area contributed by atoms with E-state index >= 15 is 0 Å². The maximum absolute atomic E-state index is 2.48. The van der Waals surface area contributed by atoms with Crippen molar-refractivity contribution in [2.24, 2.45) is 17.3 Å². The van der Waals surface area contributed by atoms with Gasteiger partial charge in [0.25, 0.3) is 0 Å². The van der Waals surface area contributed by atoms with E-state index in [1.54, 1.807) is 0 Å². The fourth-order valence-electron chi connectivity index (χ4n) is 3.70. The summed E-state index contributed by atoms with van der Waals surface area (Å²) in [6.45, 7) is 14.1. The van der Waals surface area contributed by atoms with Crippen molar-refractivity contribution in [3.8, 4) is 0 Å². The third-order valence-corrected chi connectivity index (χ3v) is 5.14. The third kappa shape index (κ3) is 10.5. The van der Waals surface area contributed by atoms with E-state index in [0.717, 1.165) is 11.8 Å². The second kappa shape index (κ2) is 13.2. The summed E-state index contributed by atoms with van der Waals surface area (Å²) < 4.78 is 0. The Morgan fingerprint density at radius 3 is 2.05 bits per heavy atom. The molecule has 0 saturated heterocycles. The lowest BCUT2D eigenvalue weighted by atomic mass is 9.71. The van der Waals surface area contributed by atoms with E-state index in [-0.39, 0.29) is 0 Å². The zero-order valence-corrected chi connectivity index (χ0v) is 16.6. The molecule has 0 N–H and O–H groups in total. The monoisotopic (exact) mass is 308 g/mol. The highest BCUT2D eigenvalue weighted by Gasteiger charge is 2.27. The van der Waals surface area contributed by atoms with Gasteiger partial charge in [0, 0.05) is 0 Å². The molecule has 0 aliphatic rings. The van der Waals surface area contributed by atoms with Crippen molar-refractivity contribution >= 4 is 0 Å². The van der Waals surface area contributed by atoms with Crippen LogP contribution < -0.4 is 0 Å². The summed E-state index contributed by atoms with van der Waals surface area (Å²) in [7, 11) is 0. The van der Waals surface area contributed by atoms with Gasteiger partial charge < -0.3 is 0 Å². The van der Waals surface area contributed by atoms with E-state index in [2.05, 4.69) is 53.7 Å². The van der Waals surface area contributed by atoms with Gasteiger partial charge >= 0.3 is 0 Å². The second-order valence-corrected chi connectivity index (χ2v) is 8.02. The fraction of sp³-hybridized carbons (Fsp3) is 0.909. The largest absolute Gasteiger partial charge is 0.0882 e. The molecule has 2 atom stereocenters. The molecule has 0 spiro atoms. The van der Waals surface area contributed by atoms with Gasteiger partial charge in [-0.2, -0.15) is 0 Å². The summed E-state index contributed by atoms with van der Waals surface area (Å²) in [6, 6.07) is 0. The Kier molecular flexibility index (Phi) is 13.0. The first-order chi connectivity index (χ1) is 10.5. The molecule has 22 heavy (non-hydrogen) atoms. The van der Waals surface area contributed by atoms with Gasteiger partial charge in [-0.05, 0) is 55.8 Å². The van der Waals surface area contributed by atoms with Crippen LogP contribution in [0.5, 0.6) is 0 Å². The van der Waals surface area contributed by atoms with Gasteiger partial charge in [0.05, 0.1) is 0 Å².